The number of ether oxygens (including phenoxy) is 1. The number of thioether (sulfide) groups is 1. The van der Waals surface area contributed by atoms with Gasteiger partial charge < -0.3 is 10.1 Å². The minimum Gasteiger partial charge on any atom is -0.369 e. The Hall–Kier alpha value is -0.220. The lowest BCUT2D eigenvalue weighted by molar-refractivity contribution is -0.127. The van der Waals surface area contributed by atoms with Crippen molar-refractivity contribution in [2.75, 3.05) is 19.4 Å². The second-order valence-electron chi connectivity index (χ2n) is 4.38. The molecule has 15 heavy (non-hydrogen) atoms. The minimum atomic E-state index is 0.00373. The molecule has 0 aromatic carbocycles. The van der Waals surface area contributed by atoms with Gasteiger partial charge in [-0.3, -0.25) is 4.79 Å². The molecule has 0 radical (unpaired) electrons. The molecule has 4 heteroatoms. The van der Waals surface area contributed by atoms with Crippen LogP contribution in [0, 0.1) is 0 Å². The van der Waals surface area contributed by atoms with E-state index in [-0.39, 0.29) is 18.6 Å². The fourth-order valence-electron chi connectivity index (χ4n) is 1.58. The van der Waals surface area contributed by atoms with E-state index in [1.54, 1.807) is 0 Å². The average Bonchev–Trinajstić information content (AvgIpc) is 2.14. The van der Waals surface area contributed by atoms with E-state index in [4.69, 9.17) is 4.74 Å². The predicted octanol–water partition coefficient (Wildman–Crippen LogP) is 1.81. The molecule has 0 spiro atoms. The molecule has 0 atom stereocenters. The van der Waals surface area contributed by atoms with Gasteiger partial charge in [-0.1, -0.05) is 6.42 Å². The summed E-state index contributed by atoms with van der Waals surface area (Å²) in [6, 6.07) is 0. The third-order valence-electron chi connectivity index (χ3n) is 2.85. The number of amides is 1. The van der Waals surface area contributed by atoms with Crippen LogP contribution in [0.3, 0.4) is 0 Å². The lowest BCUT2D eigenvalue weighted by Gasteiger charge is -2.40. The highest BCUT2D eigenvalue weighted by Crippen LogP contribution is 2.42. The topological polar surface area (TPSA) is 38.3 Å². The van der Waals surface area contributed by atoms with Crippen LogP contribution in [0.2, 0.25) is 0 Å². The Morgan fingerprint density at radius 3 is 2.60 bits per heavy atom. The monoisotopic (exact) mass is 231 g/mol. The first-order chi connectivity index (χ1) is 7.08. The van der Waals surface area contributed by atoms with Gasteiger partial charge >= 0.3 is 0 Å². The molecule has 0 aliphatic heterocycles. The van der Waals surface area contributed by atoms with Crippen LogP contribution >= 0.6 is 11.8 Å². The van der Waals surface area contributed by atoms with E-state index in [0.29, 0.717) is 4.75 Å². The van der Waals surface area contributed by atoms with E-state index in [0.717, 1.165) is 6.54 Å². The number of rotatable bonds is 6. The van der Waals surface area contributed by atoms with E-state index in [1.807, 2.05) is 25.6 Å². The van der Waals surface area contributed by atoms with Crippen LogP contribution in [0.5, 0.6) is 0 Å². The first-order valence-corrected chi connectivity index (χ1v) is 6.74. The van der Waals surface area contributed by atoms with Gasteiger partial charge in [0, 0.05) is 11.3 Å². The summed E-state index contributed by atoms with van der Waals surface area (Å²) in [5.41, 5.74) is 0. The van der Waals surface area contributed by atoms with E-state index < -0.39 is 0 Å². The van der Waals surface area contributed by atoms with Gasteiger partial charge in [0.25, 0.3) is 0 Å². The highest BCUT2D eigenvalue weighted by molar-refractivity contribution is 8.00. The second kappa shape index (κ2) is 5.75. The van der Waals surface area contributed by atoms with E-state index in [2.05, 4.69) is 11.6 Å². The van der Waals surface area contributed by atoms with Crippen LogP contribution in [-0.2, 0) is 9.53 Å². The maximum absolute atomic E-state index is 11.4. The highest BCUT2D eigenvalue weighted by atomic mass is 32.2. The average molecular weight is 231 g/mol. The summed E-state index contributed by atoms with van der Waals surface area (Å²) in [7, 11) is 0. The Bertz CT molecular complexity index is 209. The van der Waals surface area contributed by atoms with Gasteiger partial charge in [-0.05, 0) is 32.9 Å². The Labute approximate surface area is 96.3 Å². The van der Waals surface area contributed by atoms with Crippen LogP contribution in [0.1, 0.15) is 33.1 Å². The van der Waals surface area contributed by atoms with Crippen molar-refractivity contribution >= 4 is 17.7 Å². The fraction of sp³-hybridized carbons (Fsp3) is 0.909. The maximum atomic E-state index is 11.4. The van der Waals surface area contributed by atoms with Crippen molar-refractivity contribution in [3.63, 3.8) is 0 Å². The van der Waals surface area contributed by atoms with Gasteiger partial charge in [0.1, 0.15) is 6.61 Å². The molecule has 0 saturated heterocycles. The van der Waals surface area contributed by atoms with E-state index in [9.17, 15) is 4.79 Å². The summed E-state index contributed by atoms with van der Waals surface area (Å²) >= 11 is 1.87. The molecular weight excluding hydrogens is 210 g/mol. The molecule has 0 unspecified atom stereocenters. The first-order valence-electron chi connectivity index (χ1n) is 5.51. The molecule has 1 rings (SSSR count). The van der Waals surface area contributed by atoms with Crippen molar-refractivity contribution in [2.45, 2.75) is 44.0 Å². The zero-order chi connectivity index (χ0) is 11.3. The Morgan fingerprint density at radius 1 is 1.53 bits per heavy atom. The maximum Gasteiger partial charge on any atom is 0.246 e. The molecule has 3 nitrogen and oxygen atoms in total. The standard InChI is InChI=1S/C11H21NO2S/c1-9(2)14-7-10(13)12-8-11(15-3)5-4-6-11/h9H,4-8H2,1-3H3,(H,12,13). The smallest absolute Gasteiger partial charge is 0.246 e. The molecule has 0 heterocycles. The van der Waals surface area contributed by atoms with Crippen molar-refractivity contribution in [2.24, 2.45) is 0 Å². The predicted molar refractivity (Wildman–Crippen MR) is 64.2 cm³/mol. The lowest BCUT2D eigenvalue weighted by atomic mass is 9.84. The van der Waals surface area contributed by atoms with Crippen LogP contribution in [0.25, 0.3) is 0 Å². The zero-order valence-electron chi connectivity index (χ0n) is 9.84. The second-order valence-corrected chi connectivity index (χ2v) is 5.65. The van der Waals surface area contributed by atoms with E-state index >= 15 is 0 Å². The molecule has 88 valence electrons. The summed E-state index contributed by atoms with van der Waals surface area (Å²) < 4.78 is 5.55. The third kappa shape index (κ3) is 4.03. The van der Waals surface area contributed by atoms with Gasteiger partial charge in [0.2, 0.25) is 5.91 Å². The van der Waals surface area contributed by atoms with Gasteiger partial charge in [-0.15, -0.1) is 0 Å². The number of hydrogen-bond donors (Lipinski definition) is 1. The highest BCUT2D eigenvalue weighted by Gasteiger charge is 2.36. The van der Waals surface area contributed by atoms with Crippen LogP contribution in [-0.4, -0.2) is 36.2 Å². The van der Waals surface area contributed by atoms with Gasteiger partial charge in [0.15, 0.2) is 0 Å². The van der Waals surface area contributed by atoms with Crippen molar-refractivity contribution in [1.82, 2.24) is 5.32 Å². The van der Waals surface area contributed by atoms with Crippen molar-refractivity contribution < 1.29 is 9.53 Å². The van der Waals surface area contributed by atoms with E-state index in [1.165, 1.54) is 19.3 Å². The quantitative estimate of drug-likeness (QED) is 0.757. The van der Waals surface area contributed by atoms with Crippen LogP contribution < -0.4 is 5.32 Å². The summed E-state index contributed by atoms with van der Waals surface area (Å²) in [4.78, 5) is 11.4. The Balaban J connectivity index is 2.16. The molecule has 1 saturated carbocycles. The van der Waals surface area contributed by atoms with Crippen LogP contribution in [0.15, 0.2) is 0 Å². The summed E-state index contributed by atoms with van der Waals surface area (Å²) in [5, 5.41) is 2.95. The van der Waals surface area contributed by atoms with Gasteiger partial charge in [-0.2, -0.15) is 11.8 Å². The van der Waals surface area contributed by atoms with Crippen LogP contribution in [0.4, 0.5) is 0 Å². The Kier molecular flexibility index (Phi) is 4.93. The molecule has 0 aromatic rings. The molecule has 0 aromatic heterocycles. The van der Waals surface area contributed by atoms with Crippen molar-refractivity contribution in [3.05, 3.63) is 0 Å². The number of hydrogen-bond acceptors (Lipinski definition) is 3. The lowest BCUT2D eigenvalue weighted by Crippen LogP contribution is -2.46. The minimum absolute atomic E-state index is 0.00373. The Morgan fingerprint density at radius 2 is 2.20 bits per heavy atom. The normalized spacial score (nSPS) is 18.7. The summed E-state index contributed by atoms with van der Waals surface area (Å²) in [6.07, 6.45) is 5.97. The molecule has 0 bridgehead atoms. The van der Waals surface area contributed by atoms with Gasteiger partial charge in [0.05, 0.1) is 6.10 Å². The number of nitrogens with one attached hydrogen (secondary N) is 1. The van der Waals surface area contributed by atoms with Gasteiger partial charge in [-0.25, -0.2) is 0 Å². The fourth-order valence-corrected chi connectivity index (χ4v) is 2.49. The molecule has 1 fully saturated rings. The molecule has 1 N–H and O–H groups in total. The van der Waals surface area contributed by atoms with Crippen molar-refractivity contribution in [1.29, 1.82) is 0 Å². The first kappa shape index (κ1) is 12.8. The number of carbonyl (C=O) groups is 1. The zero-order valence-corrected chi connectivity index (χ0v) is 10.7. The molecule has 1 amide bonds. The summed E-state index contributed by atoms with van der Waals surface area (Å²) in [5.74, 6) is 0.00373. The molecule has 1 aliphatic rings. The third-order valence-corrected chi connectivity index (χ3v) is 4.27. The number of carbonyl (C=O) groups excluding carboxylic acids is 1. The molecular formula is C11H21NO2S. The molecule has 1 aliphatic carbocycles. The van der Waals surface area contributed by atoms with Crippen molar-refractivity contribution in [3.8, 4) is 0 Å². The largest absolute Gasteiger partial charge is 0.369 e. The summed E-state index contributed by atoms with van der Waals surface area (Å²) in [6.45, 7) is 4.84. The SMILES string of the molecule is CSC1(CNC(=O)COC(C)C)CCC1.